The van der Waals surface area contributed by atoms with Gasteiger partial charge >= 0.3 is 0 Å². The molecule has 5 nitrogen and oxygen atoms in total. The Kier molecular flexibility index (Phi) is 5.20. The summed E-state index contributed by atoms with van der Waals surface area (Å²) < 4.78 is 0. The van der Waals surface area contributed by atoms with Crippen molar-refractivity contribution in [1.82, 2.24) is 0 Å². The first-order chi connectivity index (χ1) is 9.97. The van der Waals surface area contributed by atoms with Gasteiger partial charge in [0.15, 0.2) is 6.04 Å². The van der Waals surface area contributed by atoms with Crippen LogP contribution in [-0.2, 0) is 9.59 Å². The van der Waals surface area contributed by atoms with Gasteiger partial charge in [0, 0.05) is 29.5 Å². The van der Waals surface area contributed by atoms with Crippen molar-refractivity contribution in [3.8, 4) is 0 Å². The van der Waals surface area contributed by atoms with Gasteiger partial charge in [-0.25, -0.2) is 0 Å². The van der Waals surface area contributed by atoms with E-state index in [-0.39, 0.29) is 23.8 Å². The number of hydrogen-bond acceptors (Lipinski definition) is 2. The van der Waals surface area contributed by atoms with Crippen LogP contribution in [0.5, 0.6) is 0 Å². The third-order valence-electron chi connectivity index (χ3n) is 4.15. The van der Waals surface area contributed by atoms with E-state index >= 15 is 0 Å². The van der Waals surface area contributed by atoms with Crippen molar-refractivity contribution in [1.29, 1.82) is 0 Å². The number of piperidine rings is 1. The molecule has 0 radical (unpaired) electrons. The lowest BCUT2D eigenvalue weighted by Gasteiger charge is -2.31. The summed E-state index contributed by atoms with van der Waals surface area (Å²) in [5, 5.41) is 3.53. The zero-order chi connectivity index (χ0) is 15.4. The number of amides is 2. The molecule has 1 heterocycles. The Morgan fingerprint density at radius 1 is 1.29 bits per heavy atom. The lowest BCUT2D eigenvalue weighted by molar-refractivity contribution is -0.919. The Bertz CT molecular complexity index is 510. The van der Waals surface area contributed by atoms with Gasteiger partial charge in [0.25, 0.3) is 5.91 Å². The van der Waals surface area contributed by atoms with Crippen LogP contribution >= 0.6 is 11.6 Å². The summed E-state index contributed by atoms with van der Waals surface area (Å²) in [7, 11) is 0. The molecular weight excluding hydrogens is 290 g/mol. The summed E-state index contributed by atoms with van der Waals surface area (Å²) in [4.78, 5) is 24.6. The highest BCUT2D eigenvalue weighted by Gasteiger charge is 2.31. The maximum Gasteiger partial charge on any atom is 0.282 e. The van der Waals surface area contributed by atoms with Crippen LogP contribution in [0.15, 0.2) is 24.3 Å². The van der Waals surface area contributed by atoms with E-state index in [2.05, 4.69) is 5.32 Å². The van der Waals surface area contributed by atoms with E-state index in [1.807, 2.05) is 6.92 Å². The van der Waals surface area contributed by atoms with Gasteiger partial charge in [-0.1, -0.05) is 11.6 Å². The molecule has 1 aromatic rings. The number of primary amides is 1. The van der Waals surface area contributed by atoms with Crippen LogP contribution in [0.4, 0.5) is 5.69 Å². The highest BCUT2D eigenvalue weighted by Crippen LogP contribution is 2.13. The van der Waals surface area contributed by atoms with Gasteiger partial charge in [0.05, 0.1) is 13.1 Å². The first-order valence-electron chi connectivity index (χ1n) is 7.17. The van der Waals surface area contributed by atoms with Crippen molar-refractivity contribution in [2.75, 3.05) is 18.4 Å². The molecule has 1 aliphatic rings. The van der Waals surface area contributed by atoms with Crippen LogP contribution in [0, 0.1) is 5.92 Å². The van der Waals surface area contributed by atoms with Gasteiger partial charge in [-0.2, -0.15) is 0 Å². The highest BCUT2D eigenvalue weighted by atomic mass is 35.5. The number of rotatable bonds is 4. The topological polar surface area (TPSA) is 76.6 Å². The van der Waals surface area contributed by atoms with Crippen LogP contribution in [0.3, 0.4) is 0 Å². The fourth-order valence-electron chi connectivity index (χ4n) is 2.68. The first-order valence-corrected chi connectivity index (χ1v) is 7.55. The standard InChI is InChI=1S/C15H20ClN3O2/c1-10(19-8-6-11(7-9-19)14(17)20)15(21)18-13-4-2-12(16)3-5-13/h2-5,10-11H,6-9H2,1H3,(H2,17,20)(H,18,21)/p+1/t10-/m1/s1. The predicted molar refractivity (Wildman–Crippen MR) is 82.2 cm³/mol. The molecule has 2 rings (SSSR count). The molecule has 2 amide bonds. The van der Waals surface area contributed by atoms with Gasteiger partial charge in [-0.05, 0) is 31.2 Å². The molecule has 0 spiro atoms. The van der Waals surface area contributed by atoms with Crippen molar-refractivity contribution in [3.63, 3.8) is 0 Å². The average molecular weight is 311 g/mol. The lowest BCUT2D eigenvalue weighted by Crippen LogP contribution is -3.17. The second kappa shape index (κ2) is 6.91. The van der Waals surface area contributed by atoms with E-state index in [0.29, 0.717) is 5.02 Å². The molecule has 4 N–H and O–H groups in total. The summed E-state index contributed by atoms with van der Waals surface area (Å²) in [6.07, 6.45) is 1.51. The number of hydrogen-bond donors (Lipinski definition) is 3. The number of benzene rings is 1. The Labute approximate surface area is 129 Å². The van der Waals surface area contributed by atoms with Crippen LogP contribution in [0.25, 0.3) is 0 Å². The number of halogens is 1. The molecule has 0 bridgehead atoms. The molecule has 0 aromatic heterocycles. The molecule has 1 atom stereocenters. The third-order valence-corrected chi connectivity index (χ3v) is 4.40. The van der Waals surface area contributed by atoms with Crippen LogP contribution in [-0.4, -0.2) is 30.9 Å². The second-order valence-corrected chi connectivity index (χ2v) is 5.99. The van der Waals surface area contributed by atoms with Crippen molar-refractivity contribution in [2.45, 2.75) is 25.8 Å². The van der Waals surface area contributed by atoms with Crippen LogP contribution < -0.4 is 16.0 Å². The predicted octanol–water partition coefficient (Wildman–Crippen LogP) is 0.447. The minimum absolute atomic E-state index is 0.0233. The Morgan fingerprint density at radius 2 is 1.86 bits per heavy atom. The molecule has 0 saturated carbocycles. The van der Waals surface area contributed by atoms with Crippen molar-refractivity contribution in [3.05, 3.63) is 29.3 Å². The molecule has 1 aromatic carbocycles. The molecule has 114 valence electrons. The molecular formula is C15H21ClN3O2+. The van der Waals surface area contributed by atoms with E-state index < -0.39 is 0 Å². The SMILES string of the molecule is C[C@H](C(=O)Nc1ccc(Cl)cc1)[NH+]1CCC(C(N)=O)CC1. The summed E-state index contributed by atoms with van der Waals surface area (Å²) in [5.41, 5.74) is 6.06. The van der Waals surface area contributed by atoms with Gasteiger partial charge in [-0.15, -0.1) is 0 Å². The number of anilines is 1. The van der Waals surface area contributed by atoms with E-state index in [4.69, 9.17) is 17.3 Å². The Balaban J connectivity index is 1.88. The molecule has 1 aliphatic heterocycles. The zero-order valence-electron chi connectivity index (χ0n) is 12.1. The molecule has 0 aliphatic carbocycles. The molecule has 1 fully saturated rings. The summed E-state index contributed by atoms with van der Waals surface area (Å²) in [5.74, 6) is -0.294. The first kappa shape index (κ1) is 15.8. The van der Waals surface area contributed by atoms with Gasteiger partial charge < -0.3 is 16.0 Å². The lowest BCUT2D eigenvalue weighted by atomic mass is 9.95. The van der Waals surface area contributed by atoms with Crippen molar-refractivity contribution >= 4 is 29.1 Å². The molecule has 6 heteroatoms. The van der Waals surface area contributed by atoms with Crippen molar-refractivity contribution in [2.24, 2.45) is 11.7 Å². The van der Waals surface area contributed by atoms with E-state index in [9.17, 15) is 9.59 Å². The van der Waals surface area contributed by atoms with Crippen molar-refractivity contribution < 1.29 is 14.5 Å². The maximum atomic E-state index is 12.3. The largest absolute Gasteiger partial charge is 0.369 e. The van der Waals surface area contributed by atoms with Crippen LogP contribution in [0.2, 0.25) is 5.02 Å². The normalized spacial score (nSPS) is 23.3. The monoisotopic (exact) mass is 310 g/mol. The quantitative estimate of drug-likeness (QED) is 0.755. The Morgan fingerprint density at radius 3 is 2.38 bits per heavy atom. The third kappa shape index (κ3) is 4.19. The molecule has 1 saturated heterocycles. The minimum atomic E-state index is -0.229. The van der Waals surface area contributed by atoms with Crippen LogP contribution in [0.1, 0.15) is 19.8 Å². The van der Waals surface area contributed by atoms with Gasteiger partial charge in [0.1, 0.15) is 0 Å². The number of nitrogens with one attached hydrogen (secondary N) is 2. The fraction of sp³-hybridized carbons (Fsp3) is 0.467. The summed E-state index contributed by atoms with van der Waals surface area (Å²) in [6.45, 7) is 3.50. The number of carbonyl (C=O) groups is 2. The van der Waals surface area contributed by atoms with E-state index in [0.717, 1.165) is 31.6 Å². The summed E-state index contributed by atoms with van der Waals surface area (Å²) >= 11 is 5.82. The molecule has 0 unspecified atom stereocenters. The average Bonchev–Trinajstić information content (AvgIpc) is 2.49. The Hall–Kier alpha value is -1.59. The number of carbonyl (C=O) groups excluding carboxylic acids is 2. The molecule has 21 heavy (non-hydrogen) atoms. The second-order valence-electron chi connectivity index (χ2n) is 5.55. The highest BCUT2D eigenvalue weighted by molar-refractivity contribution is 6.30. The van der Waals surface area contributed by atoms with Gasteiger partial charge in [0.2, 0.25) is 5.91 Å². The van der Waals surface area contributed by atoms with E-state index in [1.54, 1.807) is 24.3 Å². The smallest absolute Gasteiger partial charge is 0.282 e. The number of likely N-dealkylation sites (tertiary alicyclic amines) is 1. The van der Waals surface area contributed by atoms with Gasteiger partial charge in [-0.3, -0.25) is 9.59 Å². The maximum absolute atomic E-state index is 12.3. The fourth-order valence-corrected chi connectivity index (χ4v) is 2.80. The van der Waals surface area contributed by atoms with E-state index in [1.165, 1.54) is 4.90 Å². The number of nitrogens with two attached hydrogens (primary N) is 1. The summed E-state index contributed by atoms with van der Waals surface area (Å²) in [6, 6.07) is 6.89. The number of quaternary nitrogens is 1. The minimum Gasteiger partial charge on any atom is -0.369 e. The zero-order valence-corrected chi connectivity index (χ0v) is 12.8.